The summed E-state index contributed by atoms with van der Waals surface area (Å²) in [7, 11) is 0. The van der Waals surface area contributed by atoms with Crippen LogP contribution < -0.4 is 16.4 Å². The average molecular weight is 265 g/mol. The summed E-state index contributed by atoms with van der Waals surface area (Å²) >= 11 is 4.95. The molecule has 1 aromatic carbocycles. The van der Waals surface area contributed by atoms with Crippen molar-refractivity contribution in [3.8, 4) is 0 Å². The molecule has 5 nitrogen and oxygen atoms in total. The summed E-state index contributed by atoms with van der Waals surface area (Å²) in [4.78, 5) is 22.5. The first-order chi connectivity index (χ1) is 8.41. The Bertz CT molecular complexity index is 472. The molecule has 0 aliphatic rings. The molecular formula is C12H15N3O2S. The molecule has 0 unspecified atom stereocenters. The highest BCUT2D eigenvalue weighted by molar-refractivity contribution is 7.80. The van der Waals surface area contributed by atoms with E-state index in [1.54, 1.807) is 24.3 Å². The van der Waals surface area contributed by atoms with Crippen molar-refractivity contribution in [2.45, 2.75) is 20.0 Å². The zero-order chi connectivity index (χ0) is 13.7. The number of carbonyl (C=O) groups excluding carboxylic acids is 2. The molecule has 1 aromatic rings. The highest BCUT2D eigenvalue weighted by Gasteiger charge is 2.17. The normalized spacial score (nSPS) is 9.94. The van der Waals surface area contributed by atoms with E-state index in [0.717, 1.165) is 0 Å². The lowest BCUT2D eigenvalue weighted by molar-refractivity contribution is -0.122. The Labute approximate surface area is 111 Å². The van der Waals surface area contributed by atoms with Crippen LogP contribution in [0.1, 0.15) is 31.1 Å². The Morgan fingerprint density at radius 2 is 1.67 bits per heavy atom. The summed E-state index contributed by atoms with van der Waals surface area (Å²) in [6.07, 6.45) is -0.641. The maximum Gasteiger partial charge on any atom is 0.218 e. The molecule has 0 aromatic heterocycles. The number of nitrogens with one attached hydrogen (secondary N) is 2. The van der Waals surface area contributed by atoms with Gasteiger partial charge < -0.3 is 16.4 Å². The van der Waals surface area contributed by atoms with Crippen molar-refractivity contribution in [2.24, 2.45) is 5.73 Å². The van der Waals surface area contributed by atoms with Crippen molar-refractivity contribution in [3.05, 3.63) is 35.4 Å². The minimum atomic E-state index is -0.641. The zero-order valence-corrected chi connectivity index (χ0v) is 11.0. The van der Waals surface area contributed by atoms with Gasteiger partial charge in [-0.25, -0.2) is 0 Å². The third kappa shape index (κ3) is 3.81. The summed E-state index contributed by atoms with van der Waals surface area (Å²) in [5, 5.41) is 5.27. The van der Waals surface area contributed by atoms with Crippen LogP contribution in [0.3, 0.4) is 0 Å². The van der Waals surface area contributed by atoms with Gasteiger partial charge in [-0.2, -0.15) is 0 Å². The molecule has 6 heteroatoms. The van der Waals surface area contributed by atoms with Gasteiger partial charge in [0.25, 0.3) is 0 Å². The molecule has 0 saturated heterocycles. The maximum atomic E-state index is 11.2. The molecular weight excluding hydrogens is 250 g/mol. The van der Waals surface area contributed by atoms with Crippen molar-refractivity contribution >= 4 is 29.0 Å². The number of thiocarbonyl (C=S) groups is 1. The molecule has 0 atom stereocenters. The highest BCUT2D eigenvalue weighted by Crippen LogP contribution is 2.16. The van der Waals surface area contributed by atoms with Gasteiger partial charge in [0, 0.05) is 25.0 Å². The average Bonchev–Trinajstić information content (AvgIpc) is 2.26. The van der Waals surface area contributed by atoms with Gasteiger partial charge in [0.05, 0.1) is 0 Å². The summed E-state index contributed by atoms with van der Waals surface area (Å²) in [6.45, 7) is 2.75. The second kappa shape index (κ2) is 6.11. The SMILES string of the molecule is CC(=O)NC(NC(C)=O)c1ccccc1C(N)=S. The van der Waals surface area contributed by atoms with Crippen molar-refractivity contribution < 1.29 is 9.59 Å². The fourth-order valence-electron chi connectivity index (χ4n) is 1.57. The van der Waals surface area contributed by atoms with Gasteiger partial charge in [-0.15, -0.1) is 0 Å². The van der Waals surface area contributed by atoms with Crippen LogP contribution in [-0.2, 0) is 9.59 Å². The zero-order valence-electron chi connectivity index (χ0n) is 10.2. The number of hydrogen-bond acceptors (Lipinski definition) is 3. The fraction of sp³-hybridized carbons (Fsp3) is 0.250. The van der Waals surface area contributed by atoms with Crippen molar-refractivity contribution in [2.75, 3.05) is 0 Å². The molecule has 1 rings (SSSR count). The summed E-state index contributed by atoms with van der Waals surface area (Å²) in [5.74, 6) is -0.516. The lowest BCUT2D eigenvalue weighted by Crippen LogP contribution is -2.40. The van der Waals surface area contributed by atoms with Crippen LogP contribution in [0.25, 0.3) is 0 Å². The van der Waals surface area contributed by atoms with Gasteiger partial charge in [-0.05, 0) is 0 Å². The van der Waals surface area contributed by atoms with Gasteiger partial charge in [0.2, 0.25) is 11.8 Å². The monoisotopic (exact) mass is 265 g/mol. The number of benzene rings is 1. The summed E-state index contributed by atoms with van der Waals surface area (Å²) < 4.78 is 0. The smallest absolute Gasteiger partial charge is 0.218 e. The fourth-order valence-corrected chi connectivity index (χ4v) is 1.76. The first-order valence-corrected chi connectivity index (χ1v) is 5.75. The van der Waals surface area contributed by atoms with E-state index in [-0.39, 0.29) is 16.8 Å². The van der Waals surface area contributed by atoms with Crippen LogP contribution >= 0.6 is 12.2 Å². The van der Waals surface area contributed by atoms with E-state index in [2.05, 4.69) is 10.6 Å². The Hall–Kier alpha value is -1.95. The van der Waals surface area contributed by atoms with Crippen molar-refractivity contribution in [1.29, 1.82) is 0 Å². The predicted octanol–water partition coefficient (Wildman–Crippen LogP) is 0.592. The molecule has 0 radical (unpaired) electrons. The molecule has 4 N–H and O–H groups in total. The topological polar surface area (TPSA) is 84.2 Å². The molecule has 0 aliphatic carbocycles. The molecule has 2 amide bonds. The van der Waals surface area contributed by atoms with Gasteiger partial charge in [0.1, 0.15) is 11.2 Å². The van der Waals surface area contributed by atoms with Crippen LogP contribution in [0.4, 0.5) is 0 Å². The summed E-state index contributed by atoms with van der Waals surface area (Å²) in [5.41, 5.74) is 6.91. The Morgan fingerprint density at radius 1 is 1.17 bits per heavy atom. The van der Waals surface area contributed by atoms with E-state index in [1.165, 1.54) is 13.8 Å². The van der Waals surface area contributed by atoms with Crippen LogP contribution in [0.5, 0.6) is 0 Å². The molecule has 18 heavy (non-hydrogen) atoms. The van der Waals surface area contributed by atoms with Crippen LogP contribution in [0, 0.1) is 0 Å². The Morgan fingerprint density at radius 3 is 2.11 bits per heavy atom. The van der Waals surface area contributed by atoms with Gasteiger partial charge in [-0.3, -0.25) is 9.59 Å². The molecule has 96 valence electrons. The van der Waals surface area contributed by atoms with Gasteiger partial charge in [0.15, 0.2) is 0 Å². The van der Waals surface area contributed by atoms with Gasteiger partial charge >= 0.3 is 0 Å². The van der Waals surface area contributed by atoms with E-state index < -0.39 is 6.17 Å². The van der Waals surface area contributed by atoms with Crippen LogP contribution in [0.2, 0.25) is 0 Å². The molecule has 0 spiro atoms. The molecule has 0 heterocycles. The first-order valence-electron chi connectivity index (χ1n) is 5.34. The van der Waals surface area contributed by atoms with Crippen LogP contribution in [-0.4, -0.2) is 16.8 Å². The second-order valence-corrected chi connectivity index (χ2v) is 4.23. The van der Waals surface area contributed by atoms with E-state index >= 15 is 0 Å². The van der Waals surface area contributed by atoms with Crippen molar-refractivity contribution in [3.63, 3.8) is 0 Å². The number of amides is 2. The maximum absolute atomic E-state index is 11.2. The highest BCUT2D eigenvalue weighted by atomic mass is 32.1. The second-order valence-electron chi connectivity index (χ2n) is 3.79. The van der Waals surface area contributed by atoms with E-state index in [9.17, 15) is 9.59 Å². The first kappa shape index (κ1) is 14.1. The van der Waals surface area contributed by atoms with E-state index in [4.69, 9.17) is 18.0 Å². The molecule has 0 bridgehead atoms. The Balaban J connectivity index is 3.15. The quantitative estimate of drug-likeness (QED) is 0.549. The lowest BCUT2D eigenvalue weighted by atomic mass is 10.0. The molecule has 0 aliphatic heterocycles. The number of nitrogens with two attached hydrogens (primary N) is 1. The van der Waals surface area contributed by atoms with Crippen LogP contribution in [0.15, 0.2) is 24.3 Å². The van der Waals surface area contributed by atoms with Gasteiger partial charge in [-0.1, -0.05) is 36.5 Å². The minimum absolute atomic E-state index is 0.214. The number of hydrogen-bond donors (Lipinski definition) is 3. The predicted molar refractivity (Wildman–Crippen MR) is 72.7 cm³/mol. The summed E-state index contributed by atoms with van der Waals surface area (Å²) in [6, 6.07) is 7.07. The number of rotatable bonds is 4. The van der Waals surface area contributed by atoms with E-state index in [1.807, 2.05) is 0 Å². The van der Waals surface area contributed by atoms with E-state index in [0.29, 0.717) is 11.1 Å². The number of carbonyl (C=O) groups is 2. The Kier molecular flexibility index (Phi) is 4.79. The third-order valence-electron chi connectivity index (χ3n) is 2.23. The third-order valence-corrected chi connectivity index (χ3v) is 2.45. The molecule has 0 fully saturated rings. The lowest BCUT2D eigenvalue weighted by Gasteiger charge is -2.21. The largest absolute Gasteiger partial charge is 0.389 e. The minimum Gasteiger partial charge on any atom is -0.389 e. The molecule has 0 saturated carbocycles. The standard InChI is InChI=1S/C12H15N3O2S/c1-7(16)14-12(15-8(2)17)10-6-4-3-5-9(10)11(13)18/h3-6,12H,1-2H3,(H2,13,18)(H,14,16)(H,15,17). The van der Waals surface area contributed by atoms with Crippen molar-refractivity contribution in [1.82, 2.24) is 10.6 Å².